The first-order valence-electron chi connectivity index (χ1n) is 7.15. The van der Waals surface area contributed by atoms with E-state index in [1.54, 1.807) is 11.3 Å². The summed E-state index contributed by atoms with van der Waals surface area (Å²) in [5.74, 6) is 0.119. The normalized spacial score (nSPS) is 17.1. The summed E-state index contributed by atoms with van der Waals surface area (Å²) < 4.78 is 0. The Labute approximate surface area is 119 Å². The van der Waals surface area contributed by atoms with Crippen LogP contribution in [0.5, 0.6) is 0 Å². The molecule has 106 valence electrons. The quantitative estimate of drug-likeness (QED) is 0.815. The fraction of sp³-hybridized carbons (Fsp3) is 0.714. The zero-order chi connectivity index (χ0) is 13.5. The third kappa shape index (κ3) is 5.28. The molecule has 1 amide bonds. The van der Waals surface area contributed by atoms with E-state index in [4.69, 9.17) is 0 Å². The number of hydrogen-bond donors (Lipinski definition) is 2. The zero-order valence-electron chi connectivity index (χ0n) is 11.6. The van der Waals surface area contributed by atoms with Crippen LogP contribution in [0.3, 0.4) is 0 Å². The van der Waals surface area contributed by atoms with E-state index in [1.165, 1.54) is 30.6 Å². The van der Waals surface area contributed by atoms with Gasteiger partial charge in [0.1, 0.15) is 0 Å². The molecule has 4 nitrogen and oxygen atoms in total. The van der Waals surface area contributed by atoms with Gasteiger partial charge in [-0.2, -0.15) is 0 Å². The average molecular weight is 281 g/mol. The molecule has 1 aromatic rings. The van der Waals surface area contributed by atoms with E-state index in [-0.39, 0.29) is 5.91 Å². The van der Waals surface area contributed by atoms with E-state index < -0.39 is 0 Å². The summed E-state index contributed by atoms with van der Waals surface area (Å²) in [6.07, 6.45) is 9.28. The van der Waals surface area contributed by atoms with Crippen LogP contribution in [0.1, 0.15) is 48.4 Å². The maximum absolute atomic E-state index is 11.8. The van der Waals surface area contributed by atoms with Gasteiger partial charge < -0.3 is 10.6 Å². The van der Waals surface area contributed by atoms with Crippen molar-refractivity contribution in [3.8, 4) is 0 Å². The van der Waals surface area contributed by atoms with E-state index in [0.29, 0.717) is 12.6 Å². The molecule has 1 saturated carbocycles. The van der Waals surface area contributed by atoms with Gasteiger partial charge in [0.05, 0.1) is 11.6 Å². The van der Waals surface area contributed by atoms with E-state index >= 15 is 0 Å². The zero-order valence-corrected chi connectivity index (χ0v) is 12.4. The van der Waals surface area contributed by atoms with Crippen LogP contribution in [0.4, 0.5) is 0 Å². The van der Waals surface area contributed by atoms with Gasteiger partial charge in [-0.3, -0.25) is 4.79 Å². The molecule has 1 aromatic heterocycles. The second-order valence-corrected chi connectivity index (χ2v) is 6.52. The topological polar surface area (TPSA) is 54.0 Å². The molecule has 1 heterocycles. The fourth-order valence-corrected chi connectivity index (χ4v) is 3.25. The number of thiazole rings is 1. The number of carbonyl (C=O) groups is 1. The lowest BCUT2D eigenvalue weighted by atomic mass is 10.1. The first-order chi connectivity index (χ1) is 9.24. The van der Waals surface area contributed by atoms with Crippen molar-refractivity contribution < 1.29 is 4.79 Å². The van der Waals surface area contributed by atoms with Crippen LogP contribution in [-0.4, -0.2) is 23.5 Å². The highest BCUT2D eigenvalue weighted by Gasteiger charge is 2.14. The van der Waals surface area contributed by atoms with E-state index in [9.17, 15) is 4.79 Å². The summed E-state index contributed by atoms with van der Waals surface area (Å²) in [7, 11) is 0. The van der Waals surface area contributed by atoms with Crippen LogP contribution in [0.2, 0.25) is 0 Å². The van der Waals surface area contributed by atoms with Crippen molar-refractivity contribution in [3.63, 3.8) is 0 Å². The first kappa shape index (κ1) is 14.5. The molecule has 2 rings (SSSR count). The van der Waals surface area contributed by atoms with Gasteiger partial charge in [0.2, 0.25) is 5.91 Å². The van der Waals surface area contributed by atoms with Crippen LogP contribution in [0.15, 0.2) is 6.20 Å². The molecule has 1 fully saturated rings. The number of amides is 1. The molecule has 0 radical (unpaired) electrons. The Morgan fingerprint density at radius 1 is 1.37 bits per heavy atom. The number of aromatic nitrogens is 1. The molecule has 19 heavy (non-hydrogen) atoms. The summed E-state index contributed by atoms with van der Waals surface area (Å²) in [5, 5.41) is 7.38. The Morgan fingerprint density at radius 2 is 2.11 bits per heavy atom. The molecule has 1 aliphatic carbocycles. The van der Waals surface area contributed by atoms with E-state index in [2.05, 4.69) is 15.6 Å². The van der Waals surface area contributed by atoms with Crippen molar-refractivity contribution in [2.24, 2.45) is 0 Å². The minimum Gasteiger partial charge on any atom is -0.352 e. The molecule has 5 heteroatoms. The maximum atomic E-state index is 11.8. The Balaban J connectivity index is 1.63. The van der Waals surface area contributed by atoms with Gasteiger partial charge in [0.15, 0.2) is 0 Å². The van der Waals surface area contributed by atoms with Gasteiger partial charge in [0, 0.05) is 23.7 Å². The van der Waals surface area contributed by atoms with Crippen LogP contribution < -0.4 is 10.6 Å². The predicted octanol–water partition coefficient (Wildman–Crippen LogP) is 2.38. The molecular weight excluding hydrogens is 258 g/mol. The largest absolute Gasteiger partial charge is 0.352 e. The third-order valence-corrected chi connectivity index (χ3v) is 4.39. The number of nitrogens with one attached hydrogen (secondary N) is 2. The van der Waals surface area contributed by atoms with Crippen LogP contribution in [-0.2, 0) is 11.3 Å². The molecule has 0 aromatic carbocycles. The average Bonchev–Trinajstić information content (AvgIpc) is 2.63. The van der Waals surface area contributed by atoms with Crippen molar-refractivity contribution in [1.82, 2.24) is 15.6 Å². The van der Waals surface area contributed by atoms with Crippen LogP contribution in [0, 0.1) is 6.92 Å². The third-order valence-electron chi connectivity index (χ3n) is 3.47. The molecule has 0 spiro atoms. The highest BCUT2D eigenvalue weighted by molar-refractivity contribution is 7.11. The van der Waals surface area contributed by atoms with Crippen molar-refractivity contribution in [2.75, 3.05) is 6.54 Å². The van der Waals surface area contributed by atoms with Crippen LogP contribution in [0.25, 0.3) is 0 Å². The summed E-state index contributed by atoms with van der Waals surface area (Å²) in [6.45, 7) is 3.12. The Hall–Kier alpha value is -0.940. The Bertz CT molecular complexity index is 397. The molecule has 0 atom stereocenters. The predicted molar refractivity (Wildman–Crippen MR) is 78.2 cm³/mol. The summed E-state index contributed by atoms with van der Waals surface area (Å²) >= 11 is 1.67. The molecule has 0 aliphatic heterocycles. The molecular formula is C14H23N3OS. The fourth-order valence-electron chi connectivity index (χ4n) is 2.49. The number of nitrogens with zero attached hydrogens (tertiary/aromatic N) is 1. The van der Waals surface area contributed by atoms with Crippen molar-refractivity contribution in [2.45, 2.75) is 58.0 Å². The minimum atomic E-state index is 0.119. The van der Waals surface area contributed by atoms with Crippen molar-refractivity contribution in [3.05, 3.63) is 16.1 Å². The SMILES string of the molecule is Cc1ncc(CNCC(=O)NC2CCCCCC2)s1. The van der Waals surface area contributed by atoms with Gasteiger partial charge in [-0.05, 0) is 19.8 Å². The smallest absolute Gasteiger partial charge is 0.234 e. The van der Waals surface area contributed by atoms with Gasteiger partial charge in [-0.25, -0.2) is 4.98 Å². The minimum absolute atomic E-state index is 0.119. The lowest BCUT2D eigenvalue weighted by Gasteiger charge is -2.16. The summed E-state index contributed by atoms with van der Waals surface area (Å²) in [5.41, 5.74) is 0. The summed E-state index contributed by atoms with van der Waals surface area (Å²) in [6, 6.07) is 0.391. The maximum Gasteiger partial charge on any atom is 0.234 e. The van der Waals surface area contributed by atoms with Crippen LogP contribution >= 0.6 is 11.3 Å². The van der Waals surface area contributed by atoms with Gasteiger partial charge in [-0.15, -0.1) is 11.3 Å². The second kappa shape index (κ2) is 7.60. The highest BCUT2D eigenvalue weighted by Crippen LogP contribution is 2.17. The highest BCUT2D eigenvalue weighted by atomic mass is 32.1. The standard InChI is InChI=1S/C14H23N3OS/c1-11-16-9-13(19-11)8-15-10-14(18)17-12-6-4-2-3-5-7-12/h9,12,15H,2-8,10H2,1H3,(H,17,18). The number of aryl methyl sites for hydroxylation is 1. The Morgan fingerprint density at radius 3 is 2.74 bits per heavy atom. The van der Waals surface area contributed by atoms with Gasteiger partial charge in [-0.1, -0.05) is 25.7 Å². The lowest BCUT2D eigenvalue weighted by molar-refractivity contribution is -0.121. The number of hydrogen-bond acceptors (Lipinski definition) is 4. The monoisotopic (exact) mass is 281 g/mol. The molecule has 0 unspecified atom stereocenters. The van der Waals surface area contributed by atoms with Crippen molar-refractivity contribution in [1.29, 1.82) is 0 Å². The Kier molecular flexibility index (Phi) is 5.79. The molecule has 0 saturated heterocycles. The summed E-state index contributed by atoms with van der Waals surface area (Å²) in [4.78, 5) is 17.2. The second-order valence-electron chi connectivity index (χ2n) is 5.21. The number of carbonyl (C=O) groups excluding carboxylic acids is 1. The van der Waals surface area contributed by atoms with Crippen molar-refractivity contribution >= 4 is 17.2 Å². The molecule has 2 N–H and O–H groups in total. The van der Waals surface area contributed by atoms with E-state index in [0.717, 1.165) is 24.4 Å². The number of rotatable bonds is 5. The van der Waals surface area contributed by atoms with Gasteiger partial charge >= 0.3 is 0 Å². The lowest BCUT2D eigenvalue weighted by Crippen LogP contribution is -2.40. The molecule has 0 bridgehead atoms. The van der Waals surface area contributed by atoms with Gasteiger partial charge in [0.25, 0.3) is 0 Å². The first-order valence-corrected chi connectivity index (χ1v) is 7.97. The van der Waals surface area contributed by atoms with E-state index in [1.807, 2.05) is 13.1 Å². The molecule has 1 aliphatic rings.